The molecule has 0 saturated carbocycles. The average Bonchev–Trinajstić information content (AvgIpc) is 2.55. The first kappa shape index (κ1) is 18.5. The van der Waals surface area contributed by atoms with Gasteiger partial charge in [0.1, 0.15) is 11.9 Å². The lowest BCUT2D eigenvalue weighted by molar-refractivity contribution is -0.137. The number of aromatic nitrogens is 1. The minimum atomic E-state index is -4.61. The molecule has 0 radical (unpaired) electrons. The van der Waals surface area contributed by atoms with Gasteiger partial charge in [-0.1, -0.05) is 11.6 Å². The number of pyridine rings is 1. The van der Waals surface area contributed by atoms with Crippen molar-refractivity contribution in [2.45, 2.75) is 6.18 Å². The van der Waals surface area contributed by atoms with Crippen molar-refractivity contribution in [1.29, 1.82) is 5.26 Å². The summed E-state index contributed by atoms with van der Waals surface area (Å²) in [5.41, 5.74) is -0.653. The highest BCUT2D eigenvalue weighted by molar-refractivity contribution is 6.31. The number of benzene rings is 1. The number of hydrogen-bond acceptors (Lipinski definition) is 4. The van der Waals surface area contributed by atoms with E-state index in [4.69, 9.17) is 16.9 Å². The number of hydrogen-bond donors (Lipinski definition) is 1. The third-order valence-electron chi connectivity index (χ3n) is 3.20. The Bertz CT molecular complexity index is 816. The maximum atomic E-state index is 12.8. The molecule has 1 N–H and O–H groups in total. The fourth-order valence-electron chi connectivity index (χ4n) is 2.00. The molecule has 0 atom stereocenters. The standard InChI is InChI=1S/C16H12ClF3N4O/c1-24(14-5-2-10(7-21)8-22-14)9-15(25)23-11-3-4-13(17)12(6-11)16(18,19)20/h2-6,8H,9H2,1H3,(H,23,25). The maximum Gasteiger partial charge on any atom is 0.417 e. The maximum absolute atomic E-state index is 12.8. The molecule has 25 heavy (non-hydrogen) atoms. The van der Waals surface area contributed by atoms with Gasteiger partial charge < -0.3 is 10.2 Å². The van der Waals surface area contributed by atoms with E-state index in [2.05, 4.69) is 10.3 Å². The molecule has 2 aromatic rings. The Morgan fingerprint density at radius 3 is 2.64 bits per heavy atom. The number of rotatable bonds is 4. The fraction of sp³-hybridized carbons (Fsp3) is 0.188. The molecule has 130 valence electrons. The Kier molecular flexibility index (Phi) is 5.49. The highest BCUT2D eigenvalue weighted by Gasteiger charge is 2.33. The molecule has 0 aliphatic heterocycles. The molecule has 0 aliphatic rings. The van der Waals surface area contributed by atoms with E-state index in [0.717, 1.165) is 12.1 Å². The van der Waals surface area contributed by atoms with Crippen molar-refractivity contribution in [3.8, 4) is 6.07 Å². The molecular formula is C16H12ClF3N4O. The monoisotopic (exact) mass is 368 g/mol. The first-order valence-electron chi connectivity index (χ1n) is 6.94. The highest BCUT2D eigenvalue weighted by Crippen LogP contribution is 2.36. The lowest BCUT2D eigenvalue weighted by atomic mass is 10.2. The predicted molar refractivity (Wildman–Crippen MR) is 87.3 cm³/mol. The van der Waals surface area contributed by atoms with Gasteiger partial charge in [-0.15, -0.1) is 0 Å². The summed E-state index contributed by atoms with van der Waals surface area (Å²) in [6.07, 6.45) is -3.25. The van der Waals surface area contributed by atoms with E-state index < -0.39 is 22.7 Å². The van der Waals surface area contributed by atoms with Crippen LogP contribution in [-0.2, 0) is 11.0 Å². The number of likely N-dealkylation sites (N-methyl/N-ethyl adjacent to an activating group) is 1. The summed E-state index contributed by atoms with van der Waals surface area (Å²) in [6, 6.07) is 8.18. The molecule has 0 spiro atoms. The number of alkyl halides is 3. The van der Waals surface area contributed by atoms with E-state index in [0.29, 0.717) is 11.4 Å². The quantitative estimate of drug-likeness (QED) is 0.893. The van der Waals surface area contributed by atoms with E-state index in [9.17, 15) is 18.0 Å². The Morgan fingerprint density at radius 1 is 1.36 bits per heavy atom. The van der Waals surface area contributed by atoms with E-state index in [1.807, 2.05) is 6.07 Å². The minimum absolute atomic E-state index is 0.0112. The van der Waals surface area contributed by atoms with E-state index in [1.165, 1.54) is 17.2 Å². The van der Waals surface area contributed by atoms with Crippen molar-refractivity contribution in [2.24, 2.45) is 0 Å². The van der Waals surface area contributed by atoms with Crippen molar-refractivity contribution < 1.29 is 18.0 Å². The van der Waals surface area contributed by atoms with Gasteiger partial charge in [-0.2, -0.15) is 18.4 Å². The average molecular weight is 369 g/mol. The molecule has 0 fully saturated rings. The van der Waals surface area contributed by atoms with Gasteiger partial charge in [-0.25, -0.2) is 4.98 Å². The van der Waals surface area contributed by atoms with Gasteiger partial charge in [0, 0.05) is 18.9 Å². The lowest BCUT2D eigenvalue weighted by Crippen LogP contribution is -2.30. The van der Waals surface area contributed by atoms with Crippen LogP contribution in [0.15, 0.2) is 36.5 Å². The molecule has 1 aromatic heterocycles. The van der Waals surface area contributed by atoms with Crippen LogP contribution >= 0.6 is 11.6 Å². The SMILES string of the molecule is CN(CC(=O)Nc1ccc(Cl)c(C(F)(F)F)c1)c1ccc(C#N)cn1. The second-order valence-electron chi connectivity index (χ2n) is 5.11. The summed E-state index contributed by atoms with van der Waals surface area (Å²) < 4.78 is 38.5. The number of halogens is 4. The van der Waals surface area contributed by atoms with Gasteiger partial charge in [-0.05, 0) is 30.3 Å². The third kappa shape index (κ3) is 4.84. The second kappa shape index (κ2) is 7.40. The Hall–Kier alpha value is -2.79. The van der Waals surface area contributed by atoms with Gasteiger partial charge in [0.2, 0.25) is 5.91 Å². The van der Waals surface area contributed by atoms with Crippen LogP contribution < -0.4 is 10.2 Å². The van der Waals surface area contributed by atoms with Crippen LogP contribution in [0, 0.1) is 11.3 Å². The van der Waals surface area contributed by atoms with Crippen LogP contribution in [-0.4, -0.2) is 24.5 Å². The fourth-order valence-corrected chi connectivity index (χ4v) is 2.22. The molecule has 0 saturated heterocycles. The number of nitrogens with one attached hydrogen (secondary N) is 1. The van der Waals surface area contributed by atoms with Crippen molar-refractivity contribution >= 4 is 29.0 Å². The van der Waals surface area contributed by atoms with Crippen LogP contribution in [0.5, 0.6) is 0 Å². The summed E-state index contributed by atoms with van der Waals surface area (Å²) in [5.74, 6) is -0.0784. The van der Waals surface area contributed by atoms with Gasteiger partial charge >= 0.3 is 6.18 Å². The minimum Gasteiger partial charge on any atom is -0.350 e. The van der Waals surface area contributed by atoms with Gasteiger partial charge in [0.15, 0.2) is 0 Å². The van der Waals surface area contributed by atoms with Crippen molar-refractivity contribution in [3.63, 3.8) is 0 Å². The number of carbonyl (C=O) groups is 1. The van der Waals surface area contributed by atoms with E-state index in [-0.39, 0.29) is 12.2 Å². The van der Waals surface area contributed by atoms with Gasteiger partial charge in [-0.3, -0.25) is 4.79 Å². The zero-order chi connectivity index (χ0) is 18.6. The smallest absolute Gasteiger partial charge is 0.350 e. The van der Waals surface area contributed by atoms with Crippen molar-refractivity contribution in [3.05, 3.63) is 52.7 Å². The second-order valence-corrected chi connectivity index (χ2v) is 5.52. The first-order valence-corrected chi connectivity index (χ1v) is 7.32. The van der Waals surface area contributed by atoms with Crippen molar-refractivity contribution in [1.82, 2.24) is 4.98 Å². The molecule has 5 nitrogen and oxygen atoms in total. The summed E-state index contributed by atoms with van der Waals surface area (Å²) in [6.45, 7) is -0.136. The number of nitrogens with zero attached hydrogens (tertiary/aromatic N) is 3. The third-order valence-corrected chi connectivity index (χ3v) is 3.53. The van der Waals surface area contributed by atoms with E-state index in [1.54, 1.807) is 19.2 Å². The summed E-state index contributed by atoms with van der Waals surface area (Å²) in [4.78, 5) is 17.5. The zero-order valence-corrected chi connectivity index (χ0v) is 13.7. The zero-order valence-electron chi connectivity index (χ0n) is 12.9. The predicted octanol–water partition coefficient (Wildman–Crippen LogP) is 3.70. The molecule has 0 aliphatic carbocycles. The van der Waals surface area contributed by atoms with E-state index >= 15 is 0 Å². The van der Waals surface area contributed by atoms with Crippen LogP contribution in [0.2, 0.25) is 5.02 Å². The number of carbonyl (C=O) groups excluding carboxylic acids is 1. The van der Waals surface area contributed by atoms with Crippen LogP contribution in [0.1, 0.15) is 11.1 Å². The lowest BCUT2D eigenvalue weighted by Gasteiger charge is -2.18. The molecular weight excluding hydrogens is 357 g/mol. The summed E-state index contributed by atoms with van der Waals surface area (Å²) in [5, 5.41) is 10.7. The van der Waals surface area contributed by atoms with Crippen LogP contribution in [0.25, 0.3) is 0 Å². The number of anilines is 2. The topological polar surface area (TPSA) is 69.0 Å². The molecule has 1 aromatic carbocycles. The van der Waals surface area contributed by atoms with Gasteiger partial charge in [0.25, 0.3) is 0 Å². The van der Waals surface area contributed by atoms with Gasteiger partial charge in [0.05, 0.1) is 22.7 Å². The molecule has 2 rings (SSSR count). The molecule has 1 heterocycles. The number of nitriles is 1. The highest BCUT2D eigenvalue weighted by atomic mass is 35.5. The Labute approximate surface area is 146 Å². The Balaban J connectivity index is 2.06. The summed E-state index contributed by atoms with van der Waals surface area (Å²) >= 11 is 5.53. The van der Waals surface area contributed by atoms with Crippen molar-refractivity contribution in [2.75, 3.05) is 23.8 Å². The summed E-state index contributed by atoms with van der Waals surface area (Å²) in [7, 11) is 1.59. The van der Waals surface area contributed by atoms with Crippen LogP contribution in [0.3, 0.4) is 0 Å². The normalized spacial score (nSPS) is 10.9. The molecule has 0 unspecified atom stereocenters. The number of amides is 1. The Morgan fingerprint density at radius 2 is 2.08 bits per heavy atom. The largest absolute Gasteiger partial charge is 0.417 e. The molecule has 1 amide bonds. The first-order chi connectivity index (χ1) is 11.7. The molecule has 9 heteroatoms. The molecule has 0 bridgehead atoms. The van der Waals surface area contributed by atoms with Crippen LogP contribution in [0.4, 0.5) is 24.7 Å².